The van der Waals surface area contributed by atoms with Crippen LogP contribution >= 0.6 is 34.8 Å². The van der Waals surface area contributed by atoms with E-state index in [2.05, 4.69) is 5.32 Å². The molecule has 2 amide bonds. The minimum absolute atomic E-state index is 0.0236. The van der Waals surface area contributed by atoms with Gasteiger partial charge < -0.3 is 10.2 Å². The van der Waals surface area contributed by atoms with Crippen LogP contribution in [0.1, 0.15) is 38.3 Å². The molecule has 0 radical (unpaired) electrons. The number of nitrogens with one attached hydrogen (secondary N) is 1. The van der Waals surface area contributed by atoms with Crippen molar-refractivity contribution in [2.75, 3.05) is 0 Å². The SMILES string of the molecule is CC[C@H](C)NC(=O)[C@H](C)N(Cc1ccc(Cl)c(Cl)c1)C(=O)Cc1ccccc1Cl. The molecule has 1 N–H and O–H groups in total. The van der Waals surface area contributed by atoms with Crippen LogP contribution in [0.25, 0.3) is 0 Å². The van der Waals surface area contributed by atoms with Crippen molar-refractivity contribution >= 4 is 46.6 Å². The van der Waals surface area contributed by atoms with Crippen molar-refractivity contribution in [3.8, 4) is 0 Å². The van der Waals surface area contributed by atoms with Crippen LogP contribution in [0.15, 0.2) is 42.5 Å². The summed E-state index contributed by atoms with van der Waals surface area (Å²) in [6.45, 7) is 5.88. The molecule has 0 aliphatic rings. The number of benzene rings is 2. The van der Waals surface area contributed by atoms with Crippen molar-refractivity contribution < 1.29 is 9.59 Å². The van der Waals surface area contributed by atoms with Gasteiger partial charge in [-0.05, 0) is 49.6 Å². The van der Waals surface area contributed by atoms with E-state index in [9.17, 15) is 9.59 Å². The van der Waals surface area contributed by atoms with E-state index in [1.807, 2.05) is 32.0 Å². The Morgan fingerprint density at radius 2 is 1.69 bits per heavy atom. The van der Waals surface area contributed by atoms with Gasteiger partial charge in [0.05, 0.1) is 16.5 Å². The first-order valence-electron chi connectivity index (χ1n) is 9.50. The van der Waals surface area contributed by atoms with Gasteiger partial charge in [0.1, 0.15) is 6.04 Å². The van der Waals surface area contributed by atoms with Gasteiger partial charge >= 0.3 is 0 Å². The van der Waals surface area contributed by atoms with E-state index in [-0.39, 0.29) is 30.8 Å². The number of amides is 2. The lowest BCUT2D eigenvalue weighted by atomic mass is 10.1. The number of hydrogen-bond donors (Lipinski definition) is 1. The highest BCUT2D eigenvalue weighted by molar-refractivity contribution is 6.42. The lowest BCUT2D eigenvalue weighted by Gasteiger charge is -2.30. The molecule has 2 rings (SSSR count). The second-order valence-corrected chi connectivity index (χ2v) is 8.25. The average molecular weight is 456 g/mol. The van der Waals surface area contributed by atoms with Crippen molar-refractivity contribution in [1.29, 1.82) is 0 Å². The minimum Gasteiger partial charge on any atom is -0.352 e. The summed E-state index contributed by atoms with van der Waals surface area (Å²) in [4.78, 5) is 27.4. The summed E-state index contributed by atoms with van der Waals surface area (Å²) >= 11 is 18.3. The Balaban J connectivity index is 2.28. The molecule has 0 saturated heterocycles. The zero-order valence-electron chi connectivity index (χ0n) is 16.7. The lowest BCUT2D eigenvalue weighted by Crippen LogP contribution is -2.49. The predicted molar refractivity (Wildman–Crippen MR) is 120 cm³/mol. The van der Waals surface area contributed by atoms with Crippen LogP contribution in [0, 0.1) is 0 Å². The molecule has 4 nitrogen and oxygen atoms in total. The van der Waals surface area contributed by atoms with Crippen molar-refractivity contribution in [3.63, 3.8) is 0 Å². The molecule has 0 bridgehead atoms. The fourth-order valence-corrected chi connectivity index (χ4v) is 3.31. The van der Waals surface area contributed by atoms with E-state index in [4.69, 9.17) is 34.8 Å². The van der Waals surface area contributed by atoms with E-state index < -0.39 is 6.04 Å². The molecule has 29 heavy (non-hydrogen) atoms. The molecule has 2 aromatic rings. The Labute approximate surface area is 187 Å². The second-order valence-electron chi connectivity index (χ2n) is 7.03. The third kappa shape index (κ3) is 6.63. The predicted octanol–water partition coefficient (Wildman–Crippen LogP) is 5.52. The van der Waals surface area contributed by atoms with E-state index >= 15 is 0 Å². The molecule has 2 aromatic carbocycles. The summed E-state index contributed by atoms with van der Waals surface area (Å²) in [5.41, 5.74) is 1.50. The fraction of sp³-hybridized carbons (Fsp3) is 0.364. The average Bonchev–Trinajstić information content (AvgIpc) is 2.69. The molecule has 0 aliphatic carbocycles. The van der Waals surface area contributed by atoms with Gasteiger partial charge in [-0.2, -0.15) is 0 Å². The monoisotopic (exact) mass is 454 g/mol. The van der Waals surface area contributed by atoms with Crippen molar-refractivity contribution in [3.05, 3.63) is 68.7 Å². The Kier molecular flexibility index (Phi) is 8.81. The molecule has 0 aliphatic heterocycles. The highest BCUT2D eigenvalue weighted by Gasteiger charge is 2.27. The van der Waals surface area contributed by atoms with Crippen molar-refractivity contribution in [2.24, 2.45) is 0 Å². The number of halogens is 3. The van der Waals surface area contributed by atoms with Crippen LogP contribution in [-0.4, -0.2) is 28.8 Å². The highest BCUT2D eigenvalue weighted by atomic mass is 35.5. The number of carbonyl (C=O) groups is 2. The summed E-state index contributed by atoms with van der Waals surface area (Å²) in [5, 5.41) is 4.30. The standard InChI is InChI=1S/C22H25Cl3N2O2/c1-4-14(2)26-22(29)15(3)27(13-16-9-10-19(24)20(25)11-16)21(28)12-17-7-5-6-8-18(17)23/h5-11,14-15H,4,12-13H2,1-3H3,(H,26,29)/t14-,15-/m0/s1. The molecule has 2 atom stereocenters. The molecule has 0 spiro atoms. The van der Waals surface area contributed by atoms with Gasteiger partial charge in [-0.1, -0.05) is 66.0 Å². The Morgan fingerprint density at radius 1 is 1.00 bits per heavy atom. The van der Waals surface area contributed by atoms with Crippen LogP contribution in [-0.2, 0) is 22.6 Å². The van der Waals surface area contributed by atoms with Gasteiger partial charge in [0.25, 0.3) is 0 Å². The first-order chi connectivity index (χ1) is 13.7. The number of rotatable bonds is 8. The topological polar surface area (TPSA) is 49.4 Å². The Bertz CT molecular complexity index is 873. The molecule has 0 saturated carbocycles. The normalized spacial score (nSPS) is 12.9. The lowest BCUT2D eigenvalue weighted by molar-refractivity contribution is -0.140. The molecule has 7 heteroatoms. The fourth-order valence-electron chi connectivity index (χ4n) is 2.79. The van der Waals surface area contributed by atoms with Crippen molar-refractivity contribution in [1.82, 2.24) is 10.2 Å². The number of carbonyl (C=O) groups excluding carboxylic acids is 2. The third-order valence-electron chi connectivity index (χ3n) is 4.80. The maximum absolute atomic E-state index is 13.2. The maximum Gasteiger partial charge on any atom is 0.242 e. The van der Waals surface area contributed by atoms with E-state index in [0.29, 0.717) is 20.6 Å². The van der Waals surface area contributed by atoms with Crippen molar-refractivity contribution in [2.45, 2.75) is 52.2 Å². The van der Waals surface area contributed by atoms with Crippen LogP contribution in [0.3, 0.4) is 0 Å². The minimum atomic E-state index is -0.659. The number of nitrogens with zero attached hydrogens (tertiary/aromatic N) is 1. The second kappa shape index (κ2) is 10.9. The molecule has 156 valence electrons. The van der Waals surface area contributed by atoms with E-state index in [1.165, 1.54) is 0 Å². The Hall–Kier alpha value is -1.75. The third-order valence-corrected chi connectivity index (χ3v) is 5.91. The van der Waals surface area contributed by atoms with Gasteiger partial charge in [0.15, 0.2) is 0 Å². The van der Waals surface area contributed by atoms with Crippen LogP contribution < -0.4 is 5.32 Å². The molecular weight excluding hydrogens is 431 g/mol. The Morgan fingerprint density at radius 3 is 2.31 bits per heavy atom. The molecule has 0 heterocycles. The van der Waals surface area contributed by atoms with Crippen LogP contribution in [0.4, 0.5) is 0 Å². The molecule has 0 aromatic heterocycles. The van der Waals surface area contributed by atoms with E-state index in [1.54, 1.807) is 36.1 Å². The van der Waals surface area contributed by atoms with Gasteiger partial charge in [-0.15, -0.1) is 0 Å². The summed E-state index contributed by atoms with van der Waals surface area (Å²) in [6.07, 6.45) is 0.904. The molecular formula is C22H25Cl3N2O2. The maximum atomic E-state index is 13.2. The zero-order valence-corrected chi connectivity index (χ0v) is 19.0. The first kappa shape index (κ1) is 23.5. The van der Waals surface area contributed by atoms with Gasteiger partial charge in [-0.25, -0.2) is 0 Å². The molecule has 0 unspecified atom stereocenters. The summed E-state index contributed by atoms with van der Waals surface area (Å²) in [5.74, 6) is -0.400. The molecule has 0 fully saturated rings. The van der Waals surface area contributed by atoms with Gasteiger partial charge in [0, 0.05) is 17.6 Å². The number of hydrogen-bond acceptors (Lipinski definition) is 2. The first-order valence-corrected chi connectivity index (χ1v) is 10.6. The van der Waals surface area contributed by atoms with E-state index in [0.717, 1.165) is 12.0 Å². The summed E-state index contributed by atoms with van der Waals surface area (Å²) in [6, 6.07) is 11.7. The van der Waals surface area contributed by atoms with Crippen LogP contribution in [0.5, 0.6) is 0 Å². The highest BCUT2D eigenvalue weighted by Crippen LogP contribution is 2.24. The zero-order chi connectivity index (χ0) is 21.6. The summed E-state index contributed by atoms with van der Waals surface area (Å²) < 4.78 is 0. The summed E-state index contributed by atoms with van der Waals surface area (Å²) in [7, 11) is 0. The smallest absolute Gasteiger partial charge is 0.242 e. The quantitative estimate of drug-likeness (QED) is 0.569. The van der Waals surface area contributed by atoms with Crippen LogP contribution in [0.2, 0.25) is 15.1 Å². The van der Waals surface area contributed by atoms with Gasteiger partial charge in [0.2, 0.25) is 11.8 Å². The largest absolute Gasteiger partial charge is 0.352 e. The van der Waals surface area contributed by atoms with Gasteiger partial charge in [-0.3, -0.25) is 9.59 Å².